The van der Waals surface area contributed by atoms with Crippen LogP contribution in [0.5, 0.6) is 5.75 Å². The van der Waals surface area contributed by atoms with Gasteiger partial charge in [0, 0.05) is 17.9 Å². The molecule has 1 unspecified atom stereocenters. The van der Waals surface area contributed by atoms with Gasteiger partial charge in [-0.25, -0.2) is 9.78 Å². The molecule has 0 amide bonds. The van der Waals surface area contributed by atoms with Gasteiger partial charge < -0.3 is 19.0 Å². The molecule has 0 radical (unpaired) electrons. The molecular weight excluding hydrogens is 382 g/mol. The molecule has 30 heavy (non-hydrogen) atoms. The van der Waals surface area contributed by atoms with Crippen LogP contribution in [0.3, 0.4) is 0 Å². The molecule has 3 rings (SSSR count). The molecule has 154 valence electrons. The minimum absolute atomic E-state index is 0.247. The largest absolute Gasteiger partial charge is 0.493 e. The first-order valence-electron chi connectivity index (χ1n) is 9.67. The molecule has 0 saturated carbocycles. The first kappa shape index (κ1) is 21.2. The zero-order chi connectivity index (χ0) is 21.3. The van der Waals surface area contributed by atoms with E-state index in [1.807, 2.05) is 37.3 Å². The number of aliphatic hydroxyl groups excluding tert-OH is 1. The van der Waals surface area contributed by atoms with Crippen LogP contribution in [0, 0.1) is 18.8 Å². The summed E-state index contributed by atoms with van der Waals surface area (Å²) in [6.45, 7) is 4.27. The smallest absolute Gasteiger partial charge is 0.384 e. The van der Waals surface area contributed by atoms with Gasteiger partial charge in [0.1, 0.15) is 17.6 Å². The Balaban J connectivity index is 1.53. The maximum atomic E-state index is 11.2. The van der Waals surface area contributed by atoms with Crippen LogP contribution in [0.2, 0.25) is 0 Å². The number of aryl methyl sites for hydroxylation is 1. The van der Waals surface area contributed by atoms with Crippen molar-refractivity contribution in [3.63, 3.8) is 0 Å². The monoisotopic (exact) mass is 405 g/mol. The summed E-state index contributed by atoms with van der Waals surface area (Å²) in [7, 11) is 0. The van der Waals surface area contributed by atoms with Gasteiger partial charge in [0.2, 0.25) is 5.89 Å². The normalized spacial score (nSPS) is 11.3. The maximum absolute atomic E-state index is 11.2. The summed E-state index contributed by atoms with van der Waals surface area (Å²) in [4.78, 5) is 15.8. The second-order valence-electron chi connectivity index (χ2n) is 6.45. The minimum Gasteiger partial charge on any atom is -0.493 e. The van der Waals surface area contributed by atoms with Gasteiger partial charge in [0.25, 0.3) is 0 Å². The van der Waals surface area contributed by atoms with Crippen molar-refractivity contribution < 1.29 is 23.8 Å². The lowest BCUT2D eigenvalue weighted by molar-refractivity contribution is -0.136. The summed E-state index contributed by atoms with van der Waals surface area (Å²) < 4.78 is 16.2. The second kappa shape index (κ2) is 10.3. The number of benzene rings is 2. The fourth-order valence-corrected chi connectivity index (χ4v) is 2.75. The Kier molecular flexibility index (Phi) is 7.25. The summed E-state index contributed by atoms with van der Waals surface area (Å²) >= 11 is 0. The Morgan fingerprint density at radius 1 is 1.17 bits per heavy atom. The van der Waals surface area contributed by atoms with Gasteiger partial charge in [-0.15, -0.1) is 0 Å². The highest BCUT2D eigenvalue weighted by Gasteiger charge is 2.11. The van der Waals surface area contributed by atoms with E-state index in [1.165, 1.54) is 0 Å². The molecule has 6 heteroatoms. The van der Waals surface area contributed by atoms with E-state index in [0.29, 0.717) is 30.2 Å². The van der Waals surface area contributed by atoms with E-state index in [0.717, 1.165) is 17.0 Å². The van der Waals surface area contributed by atoms with Gasteiger partial charge in [-0.05, 0) is 43.7 Å². The van der Waals surface area contributed by atoms with Crippen LogP contribution in [0.1, 0.15) is 30.0 Å². The quantitative estimate of drug-likeness (QED) is 0.365. The summed E-state index contributed by atoms with van der Waals surface area (Å²) in [5.74, 6) is 6.10. The van der Waals surface area contributed by atoms with E-state index in [-0.39, 0.29) is 6.61 Å². The van der Waals surface area contributed by atoms with Crippen molar-refractivity contribution in [2.75, 3.05) is 13.2 Å². The molecule has 1 aromatic heterocycles. The summed E-state index contributed by atoms with van der Waals surface area (Å²) in [5, 5.41) is 10.0. The average molecular weight is 405 g/mol. The maximum Gasteiger partial charge on any atom is 0.384 e. The Labute approximate surface area is 175 Å². The van der Waals surface area contributed by atoms with Gasteiger partial charge in [-0.3, -0.25) is 0 Å². The Hall–Kier alpha value is -3.56. The Morgan fingerprint density at radius 2 is 1.90 bits per heavy atom. The fraction of sp³-hybridized carbons (Fsp3) is 0.250. The van der Waals surface area contributed by atoms with Crippen LogP contribution < -0.4 is 4.74 Å². The molecule has 0 fully saturated rings. The third kappa shape index (κ3) is 5.72. The van der Waals surface area contributed by atoms with Crippen LogP contribution in [0.15, 0.2) is 59.0 Å². The van der Waals surface area contributed by atoms with Gasteiger partial charge in [-0.1, -0.05) is 36.3 Å². The van der Waals surface area contributed by atoms with Crippen molar-refractivity contribution in [1.29, 1.82) is 0 Å². The van der Waals surface area contributed by atoms with E-state index in [1.54, 1.807) is 31.2 Å². The molecule has 1 N–H and O–H groups in total. The number of hydrogen-bond donors (Lipinski definition) is 1. The van der Waals surface area contributed by atoms with Crippen molar-refractivity contribution in [2.45, 2.75) is 26.4 Å². The van der Waals surface area contributed by atoms with Crippen molar-refractivity contribution in [1.82, 2.24) is 4.98 Å². The molecule has 3 aromatic rings. The summed E-state index contributed by atoms with van der Waals surface area (Å²) in [6, 6.07) is 16.7. The lowest BCUT2D eigenvalue weighted by Crippen LogP contribution is -2.03. The first-order chi connectivity index (χ1) is 14.6. The third-order valence-electron chi connectivity index (χ3n) is 4.30. The molecule has 0 spiro atoms. The highest BCUT2D eigenvalue weighted by Crippen LogP contribution is 2.22. The number of aromatic nitrogens is 1. The standard InChI is InChI=1S/C24H23NO5/c1-3-28-23(27)14-13-22(26)18-9-11-20(12-10-18)29-16-15-21-17(2)30-24(25-21)19-7-5-4-6-8-19/h4-12,22,26H,3,15-16H2,1-2H3. The van der Waals surface area contributed by atoms with E-state index in [9.17, 15) is 9.90 Å². The number of ether oxygens (including phenoxy) is 2. The summed E-state index contributed by atoms with van der Waals surface area (Å²) in [5.41, 5.74) is 2.36. The van der Waals surface area contributed by atoms with Gasteiger partial charge in [0.15, 0.2) is 0 Å². The van der Waals surface area contributed by atoms with Crippen molar-refractivity contribution >= 4 is 5.97 Å². The predicted octanol–water partition coefficient (Wildman–Crippen LogP) is 3.87. The van der Waals surface area contributed by atoms with E-state index >= 15 is 0 Å². The molecule has 0 saturated heterocycles. The molecule has 0 bridgehead atoms. The van der Waals surface area contributed by atoms with Crippen molar-refractivity contribution in [3.05, 3.63) is 71.6 Å². The third-order valence-corrected chi connectivity index (χ3v) is 4.30. The SMILES string of the molecule is CCOC(=O)C#CC(O)c1ccc(OCCc2nc(-c3ccccc3)oc2C)cc1. The van der Waals surface area contributed by atoms with Crippen molar-refractivity contribution in [3.8, 4) is 29.0 Å². The van der Waals surface area contributed by atoms with Gasteiger partial charge >= 0.3 is 5.97 Å². The van der Waals surface area contributed by atoms with E-state index in [2.05, 4.69) is 16.8 Å². The lowest BCUT2D eigenvalue weighted by Gasteiger charge is -2.08. The van der Waals surface area contributed by atoms with Crippen molar-refractivity contribution in [2.24, 2.45) is 0 Å². The number of oxazole rings is 1. The Morgan fingerprint density at radius 3 is 2.60 bits per heavy atom. The zero-order valence-corrected chi connectivity index (χ0v) is 16.9. The molecule has 2 aromatic carbocycles. The van der Waals surface area contributed by atoms with E-state index < -0.39 is 12.1 Å². The number of esters is 1. The zero-order valence-electron chi connectivity index (χ0n) is 16.9. The number of rotatable bonds is 7. The molecule has 1 atom stereocenters. The highest BCUT2D eigenvalue weighted by molar-refractivity contribution is 5.88. The number of carbonyl (C=O) groups excluding carboxylic acids is 1. The van der Waals surface area contributed by atoms with Crippen LogP contribution in [0.4, 0.5) is 0 Å². The topological polar surface area (TPSA) is 81.8 Å². The second-order valence-corrected chi connectivity index (χ2v) is 6.45. The average Bonchev–Trinajstić information content (AvgIpc) is 3.14. The molecule has 0 aliphatic heterocycles. The molecular formula is C24H23NO5. The first-order valence-corrected chi connectivity index (χ1v) is 9.67. The molecule has 0 aliphatic carbocycles. The van der Waals surface area contributed by atoms with Crippen LogP contribution in [-0.4, -0.2) is 29.3 Å². The molecule has 6 nitrogen and oxygen atoms in total. The minimum atomic E-state index is -1.07. The van der Waals surface area contributed by atoms with Gasteiger partial charge in [0.05, 0.1) is 18.9 Å². The van der Waals surface area contributed by atoms with Crippen LogP contribution >= 0.6 is 0 Å². The number of nitrogens with zero attached hydrogens (tertiary/aromatic N) is 1. The number of carbonyl (C=O) groups is 1. The number of aliphatic hydroxyl groups is 1. The predicted molar refractivity (Wildman–Crippen MR) is 112 cm³/mol. The van der Waals surface area contributed by atoms with E-state index in [4.69, 9.17) is 13.9 Å². The van der Waals surface area contributed by atoms with Crippen LogP contribution in [0.25, 0.3) is 11.5 Å². The Bertz CT molecular complexity index is 1030. The number of hydrogen-bond acceptors (Lipinski definition) is 6. The lowest BCUT2D eigenvalue weighted by atomic mass is 10.1. The fourth-order valence-electron chi connectivity index (χ4n) is 2.75. The highest BCUT2D eigenvalue weighted by atomic mass is 16.5. The molecule has 1 heterocycles. The van der Waals surface area contributed by atoms with Crippen LogP contribution in [-0.2, 0) is 16.0 Å². The molecule has 0 aliphatic rings. The summed E-state index contributed by atoms with van der Waals surface area (Å²) in [6.07, 6.45) is -0.463. The van der Waals surface area contributed by atoms with Gasteiger partial charge in [-0.2, -0.15) is 0 Å².